The molecule has 2 aromatic carbocycles. The molecule has 2 N–H and O–H groups in total. The zero-order valence-corrected chi connectivity index (χ0v) is 13.2. The first kappa shape index (κ1) is 17.5. The molecule has 0 fully saturated rings. The zero-order valence-electron chi connectivity index (χ0n) is 13.2. The molecule has 26 heavy (non-hydrogen) atoms. The fourth-order valence-corrected chi connectivity index (χ4v) is 2.44. The number of benzene rings is 2. The Bertz CT molecular complexity index is 1010. The van der Waals surface area contributed by atoms with Gasteiger partial charge in [-0.1, -0.05) is 24.3 Å². The van der Waals surface area contributed by atoms with Gasteiger partial charge >= 0.3 is 6.18 Å². The van der Waals surface area contributed by atoms with Gasteiger partial charge in [0.15, 0.2) is 0 Å². The third-order valence-electron chi connectivity index (χ3n) is 3.62. The van der Waals surface area contributed by atoms with Gasteiger partial charge in [-0.25, -0.2) is 4.98 Å². The predicted octanol–water partition coefficient (Wildman–Crippen LogP) is 2.56. The van der Waals surface area contributed by atoms with Crippen LogP contribution in [0.25, 0.3) is 11.0 Å². The number of alkyl halides is 3. The highest BCUT2D eigenvalue weighted by molar-refractivity contribution is 5.80. The molecule has 0 unspecified atom stereocenters. The average Bonchev–Trinajstić information content (AvgIpc) is 2.62. The van der Waals surface area contributed by atoms with E-state index in [1.165, 1.54) is 22.8 Å². The van der Waals surface area contributed by atoms with Gasteiger partial charge in [0.1, 0.15) is 6.54 Å². The minimum Gasteiger partial charge on any atom is -0.298 e. The fraction of sp³-hybridized carbons (Fsp3) is 0.118. The van der Waals surface area contributed by atoms with E-state index in [-0.39, 0.29) is 12.2 Å². The number of carbonyl (C=O) groups excluding carboxylic acids is 1. The number of fused-ring (bicyclic) bond motifs is 1. The SMILES string of the molecule is O=C(Cn1c(=O)cnc2ccccc21)NNc1ccccc1C(F)(F)F. The van der Waals surface area contributed by atoms with Crippen LogP contribution in [0.2, 0.25) is 0 Å². The topological polar surface area (TPSA) is 76.0 Å². The van der Waals surface area contributed by atoms with Crippen molar-refractivity contribution in [1.29, 1.82) is 0 Å². The molecule has 0 radical (unpaired) electrons. The molecule has 0 aliphatic rings. The zero-order chi connectivity index (χ0) is 18.7. The summed E-state index contributed by atoms with van der Waals surface area (Å²) < 4.78 is 40.0. The van der Waals surface area contributed by atoms with E-state index in [0.29, 0.717) is 11.0 Å². The Balaban J connectivity index is 1.78. The summed E-state index contributed by atoms with van der Waals surface area (Å²) in [6.45, 7) is -0.372. The van der Waals surface area contributed by atoms with Crippen LogP contribution in [0.4, 0.5) is 18.9 Å². The van der Waals surface area contributed by atoms with Crippen molar-refractivity contribution in [2.45, 2.75) is 12.7 Å². The second-order valence-electron chi connectivity index (χ2n) is 5.39. The molecule has 3 rings (SSSR count). The van der Waals surface area contributed by atoms with Gasteiger partial charge in [-0.3, -0.25) is 25.0 Å². The second-order valence-corrected chi connectivity index (χ2v) is 5.39. The van der Waals surface area contributed by atoms with Crippen molar-refractivity contribution in [2.24, 2.45) is 0 Å². The van der Waals surface area contributed by atoms with Gasteiger partial charge in [0, 0.05) is 0 Å². The van der Waals surface area contributed by atoms with Crippen LogP contribution >= 0.6 is 0 Å². The van der Waals surface area contributed by atoms with Gasteiger partial charge in [-0.05, 0) is 24.3 Å². The van der Waals surface area contributed by atoms with Crippen molar-refractivity contribution in [3.8, 4) is 0 Å². The number of para-hydroxylation sites is 3. The Morgan fingerprint density at radius 3 is 2.54 bits per heavy atom. The van der Waals surface area contributed by atoms with Gasteiger partial charge in [0.2, 0.25) is 0 Å². The van der Waals surface area contributed by atoms with Gasteiger partial charge in [0.05, 0.1) is 28.5 Å². The Hall–Kier alpha value is -3.36. The highest BCUT2D eigenvalue weighted by atomic mass is 19.4. The summed E-state index contributed by atoms with van der Waals surface area (Å²) in [6, 6.07) is 11.5. The number of hydrogen-bond donors (Lipinski definition) is 2. The highest BCUT2D eigenvalue weighted by Crippen LogP contribution is 2.34. The van der Waals surface area contributed by atoms with E-state index in [2.05, 4.69) is 15.8 Å². The summed E-state index contributed by atoms with van der Waals surface area (Å²) in [5, 5.41) is 0. The summed E-state index contributed by atoms with van der Waals surface area (Å²) in [5.74, 6) is -0.680. The molecule has 9 heteroatoms. The van der Waals surface area contributed by atoms with Crippen molar-refractivity contribution in [2.75, 3.05) is 5.43 Å². The number of amides is 1. The van der Waals surface area contributed by atoms with Crippen molar-refractivity contribution < 1.29 is 18.0 Å². The number of hydrogen-bond acceptors (Lipinski definition) is 4. The first-order valence-corrected chi connectivity index (χ1v) is 7.52. The normalized spacial score (nSPS) is 11.3. The molecule has 0 aliphatic heterocycles. The van der Waals surface area contributed by atoms with Crippen molar-refractivity contribution in [3.63, 3.8) is 0 Å². The average molecular weight is 362 g/mol. The van der Waals surface area contributed by atoms with Crippen molar-refractivity contribution >= 4 is 22.6 Å². The smallest absolute Gasteiger partial charge is 0.298 e. The number of hydrazine groups is 1. The lowest BCUT2D eigenvalue weighted by Gasteiger charge is -2.15. The largest absolute Gasteiger partial charge is 0.418 e. The van der Waals surface area contributed by atoms with E-state index >= 15 is 0 Å². The Morgan fingerprint density at radius 2 is 1.77 bits per heavy atom. The molecule has 134 valence electrons. The summed E-state index contributed by atoms with van der Waals surface area (Å²) in [7, 11) is 0. The van der Waals surface area contributed by atoms with Crippen LogP contribution in [0, 0.1) is 0 Å². The number of nitrogens with one attached hydrogen (secondary N) is 2. The Labute approximate surface area is 145 Å². The van der Waals surface area contributed by atoms with Crippen LogP contribution in [-0.2, 0) is 17.5 Å². The maximum Gasteiger partial charge on any atom is 0.418 e. The minimum absolute atomic E-state index is 0.291. The summed E-state index contributed by atoms with van der Waals surface area (Å²) >= 11 is 0. The van der Waals surface area contributed by atoms with Crippen molar-refractivity contribution in [1.82, 2.24) is 15.0 Å². The summed E-state index contributed by atoms with van der Waals surface area (Å²) in [6.07, 6.45) is -3.48. The van der Waals surface area contributed by atoms with Gasteiger partial charge < -0.3 is 0 Å². The Morgan fingerprint density at radius 1 is 1.08 bits per heavy atom. The molecule has 3 aromatic rings. The molecule has 0 atom stereocenters. The minimum atomic E-state index is -4.56. The van der Waals surface area contributed by atoms with Crippen LogP contribution in [0.5, 0.6) is 0 Å². The standard InChI is InChI=1S/C17H13F3N4O2/c18-17(19,20)11-5-1-2-6-12(11)22-23-15(25)10-24-14-8-4-3-7-13(14)21-9-16(24)26/h1-9,22H,10H2,(H,23,25). The predicted molar refractivity (Wildman–Crippen MR) is 89.2 cm³/mol. The molecule has 1 amide bonds. The third-order valence-corrected chi connectivity index (χ3v) is 3.62. The van der Waals surface area contributed by atoms with Crippen LogP contribution < -0.4 is 16.4 Å². The van der Waals surface area contributed by atoms with E-state index in [9.17, 15) is 22.8 Å². The maximum atomic E-state index is 12.9. The molecule has 6 nitrogen and oxygen atoms in total. The van der Waals surface area contributed by atoms with Gasteiger partial charge in [0.25, 0.3) is 11.5 Å². The lowest BCUT2D eigenvalue weighted by atomic mass is 10.2. The van der Waals surface area contributed by atoms with Crippen LogP contribution in [0.3, 0.4) is 0 Å². The molecule has 1 heterocycles. The van der Waals surface area contributed by atoms with E-state index in [0.717, 1.165) is 12.3 Å². The maximum absolute atomic E-state index is 12.9. The van der Waals surface area contributed by atoms with Crippen LogP contribution in [0.15, 0.2) is 59.5 Å². The molecule has 0 saturated carbocycles. The van der Waals surface area contributed by atoms with Crippen LogP contribution in [-0.4, -0.2) is 15.5 Å². The molecule has 0 bridgehead atoms. The molecule has 1 aromatic heterocycles. The molecule has 0 aliphatic carbocycles. The first-order chi connectivity index (χ1) is 12.4. The molecular formula is C17H13F3N4O2. The molecule has 0 saturated heterocycles. The summed E-state index contributed by atoms with van der Waals surface area (Å²) in [4.78, 5) is 28.1. The van der Waals surface area contributed by atoms with E-state index in [4.69, 9.17) is 0 Å². The number of carbonyl (C=O) groups is 1. The van der Waals surface area contributed by atoms with Crippen LogP contribution in [0.1, 0.15) is 5.56 Å². The lowest BCUT2D eigenvalue weighted by Crippen LogP contribution is -2.36. The fourth-order valence-electron chi connectivity index (χ4n) is 2.44. The van der Waals surface area contributed by atoms with E-state index < -0.39 is 23.2 Å². The number of nitrogens with zero attached hydrogens (tertiary/aromatic N) is 2. The first-order valence-electron chi connectivity index (χ1n) is 7.52. The van der Waals surface area contributed by atoms with E-state index in [1.807, 2.05) is 0 Å². The van der Waals surface area contributed by atoms with Gasteiger partial charge in [-0.2, -0.15) is 13.2 Å². The lowest BCUT2D eigenvalue weighted by molar-refractivity contribution is -0.137. The number of halogens is 3. The highest BCUT2D eigenvalue weighted by Gasteiger charge is 2.33. The van der Waals surface area contributed by atoms with Crippen molar-refractivity contribution in [3.05, 3.63) is 70.6 Å². The summed E-state index contributed by atoms with van der Waals surface area (Å²) in [5.41, 5.74) is 3.72. The second kappa shape index (κ2) is 6.87. The van der Waals surface area contributed by atoms with E-state index in [1.54, 1.807) is 24.3 Å². The quantitative estimate of drug-likeness (QED) is 0.700. The number of aromatic nitrogens is 2. The molecular weight excluding hydrogens is 349 g/mol. The number of anilines is 1. The van der Waals surface area contributed by atoms with Gasteiger partial charge in [-0.15, -0.1) is 0 Å². The third kappa shape index (κ3) is 3.66. The Kier molecular flexibility index (Phi) is 4.61. The molecule has 0 spiro atoms. The monoisotopic (exact) mass is 362 g/mol. The number of rotatable bonds is 4.